The van der Waals surface area contributed by atoms with Crippen LogP contribution in [0.2, 0.25) is 0 Å². The number of hydrogen-bond acceptors (Lipinski definition) is 3. The summed E-state index contributed by atoms with van der Waals surface area (Å²) < 4.78 is 1.93. The molecular formula is C21H26N4O. The number of para-hydroxylation sites is 1. The van der Waals surface area contributed by atoms with Crippen LogP contribution in [0.4, 0.5) is 5.69 Å². The Hall–Kier alpha value is -2.69. The molecule has 0 spiro atoms. The van der Waals surface area contributed by atoms with Crippen LogP contribution in [-0.4, -0.2) is 20.7 Å². The lowest BCUT2D eigenvalue weighted by Gasteiger charge is -2.12. The van der Waals surface area contributed by atoms with Gasteiger partial charge in [-0.05, 0) is 51.3 Å². The molecule has 5 heteroatoms. The largest absolute Gasteiger partial charge is 0.321 e. The van der Waals surface area contributed by atoms with Gasteiger partial charge in [0.1, 0.15) is 0 Å². The Morgan fingerprint density at radius 2 is 1.85 bits per heavy atom. The summed E-state index contributed by atoms with van der Waals surface area (Å²) >= 11 is 0. The van der Waals surface area contributed by atoms with E-state index in [0.717, 1.165) is 58.6 Å². The van der Waals surface area contributed by atoms with Gasteiger partial charge < -0.3 is 5.32 Å². The van der Waals surface area contributed by atoms with E-state index >= 15 is 0 Å². The van der Waals surface area contributed by atoms with E-state index in [1.54, 1.807) is 0 Å². The van der Waals surface area contributed by atoms with Gasteiger partial charge in [0.05, 0.1) is 16.6 Å². The molecule has 1 N–H and O–H groups in total. The van der Waals surface area contributed by atoms with Crippen LogP contribution in [0.3, 0.4) is 0 Å². The van der Waals surface area contributed by atoms with Crippen LogP contribution in [0, 0.1) is 27.7 Å². The summed E-state index contributed by atoms with van der Waals surface area (Å²) in [5, 5.41) is 8.56. The van der Waals surface area contributed by atoms with Gasteiger partial charge in [0, 0.05) is 17.9 Å². The smallest absolute Gasteiger partial charge is 0.256 e. The number of hydrogen-bond donors (Lipinski definition) is 1. The Morgan fingerprint density at radius 3 is 2.50 bits per heavy atom. The number of benzene rings is 1. The molecular weight excluding hydrogens is 324 g/mol. The summed E-state index contributed by atoms with van der Waals surface area (Å²) in [5.74, 6) is -0.115. The molecule has 0 atom stereocenters. The molecule has 0 aliphatic rings. The number of carbonyl (C=O) groups is 1. The molecule has 26 heavy (non-hydrogen) atoms. The van der Waals surface area contributed by atoms with E-state index in [9.17, 15) is 4.79 Å². The number of nitrogens with zero attached hydrogens (tertiary/aromatic N) is 3. The highest BCUT2D eigenvalue weighted by Crippen LogP contribution is 2.25. The van der Waals surface area contributed by atoms with Gasteiger partial charge in [-0.15, -0.1) is 0 Å². The molecule has 0 fully saturated rings. The zero-order chi connectivity index (χ0) is 18.8. The number of pyridine rings is 1. The number of aryl methyl sites for hydroxylation is 5. The quantitative estimate of drug-likeness (QED) is 0.724. The third-order valence-electron chi connectivity index (χ3n) is 4.69. The average molecular weight is 350 g/mol. The lowest BCUT2D eigenvalue weighted by atomic mass is 10.1. The first-order valence-electron chi connectivity index (χ1n) is 9.14. The summed E-state index contributed by atoms with van der Waals surface area (Å²) in [5.41, 5.74) is 6.07. The van der Waals surface area contributed by atoms with Gasteiger partial charge in [-0.2, -0.15) is 5.10 Å². The fourth-order valence-corrected chi connectivity index (χ4v) is 3.31. The average Bonchev–Trinajstić information content (AvgIpc) is 2.91. The summed E-state index contributed by atoms with van der Waals surface area (Å²) in [6, 6.07) is 7.86. The maximum Gasteiger partial charge on any atom is 0.256 e. The van der Waals surface area contributed by atoms with E-state index in [2.05, 4.69) is 22.3 Å². The van der Waals surface area contributed by atoms with Crippen molar-refractivity contribution in [3.63, 3.8) is 0 Å². The fourth-order valence-electron chi connectivity index (χ4n) is 3.31. The number of fused-ring (bicyclic) bond motifs is 1. The van der Waals surface area contributed by atoms with E-state index in [4.69, 9.17) is 0 Å². The van der Waals surface area contributed by atoms with Crippen molar-refractivity contribution in [3.05, 3.63) is 52.3 Å². The molecule has 5 nitrogen and oxygen atoms in total. The number of nitrogens with one attached hydrogen (secondary N) is 1. The Morgan fingerprint density at radius 1 is 1.15 bits per heavy atom. The van der Waals surface area contributed by atoms with Gasteiger partial charge >= 0.3 is 0 Å². The molecule has 0 aliphatic heterocycles. The first-order chi connectivity index (χ1) is 12.4. The van der Waals surface area contributed by atoms with E-state index in [1.165, 1.54) is 0 Å². The standard InChI is InChI=1S/C21H26N4O/c1-6-7-11-25-20-18(16(5)24-25)17(12-15(4)22-20)21(26)23-19-13(2)9-8-10-14(19)3/h8-10,12H,6-7,11H2,1-5H3,(H,23,26). The second kappa shape index (κ2) is 7.28. The fraction of sp³-hybridized carbons (Fsp3) is 0.381. The number of rotatable bonds is 5. The number of anilines is 1. The van der Waals surface area contributed by atoms with Gasteiger partial charge in [0.15, 0.2) is 5.65 Å². The molecule has 1 aromatic carbocycles. The highest BCUT2D eigenvalue weighted by molar-refractivity contribution is 6.13. The molecule has 0 unspecified atom stereocenters. The summed E-state index contributed by atoms with van der Waals surface area (Å²) in [7, 11) is 0. The molecule has 0 aliphatic carbocycles. The minimum Gasteiger partial charge on any atom is -0.321 e. The van der Waals surface area contributed by atoms with E-state index in [1.807, 2.05) is 56.6 Å². The van der Waals surface area contributed by atoms with E-state index in [0.29, 0.717) is 5.56 Å². The Kier molecular flexibility index (Phi) is 5.07. The summed E-state index contributed by atoms with van der Waals surface area (Å²) in [6.07, 6.45) is 2.13. The van der Waals surface area contributed by atoms with Crippen LogP contribution in [0.5, 0.6) is 0 Å². The molecule has 3 aromatic rings. The molecule has 1 amide bonds. The maximum atomic E-state index is 13.1. The van der Waals surface area contributed by atoms with Crippen molar-refractivity contribution in [1.82, 2.24) is 14.8 Å². The first-order valence-corrected chi connectivity index (χ1v) is 9.14. The third-order valence-corrected chi connectivity index (χ3v) is 4.69. The van der Waals surface area contributed by atoms with Crippen molar-refractivity contribution in [1.29, 1.82) is 0 Å². The van der Waals surface area contributed by atoms with Crippen molar-refractivity contribution in [2.75, 3.05) is 5.32 Å². The minimum atomic E-state index is -0.115. The van der Waals surface area contributed by atoms with Crippen molar-refractivity contribution in [3.8, 4) is 0 Å². The SMILES string of the molecule is CCCCn1nc(C)c2c(C(=O)Nc3c(C)cccc3C)cc(C)nc21. The van der Waals surface area contributed by atoms with Gasteiger partial charge in [-0.3, -0.25) is 4.79 Å². The Balaban J connectivity index is 2.07. The molecule has 2 aromatic heterocycles. The van der Waals surface area contributed by atoms with Crippen LogP contribution in [0.25, 0.3) is 11.0 Å². The number of aromatic nitrogens is 3. The Bertz CT molecular complexity index is 952. The normalized spacial score (nSPS) is 11.1. The van der Waals surface area contributed by atoms with Crippen LogP contribution in [-0.2, 0) is 6.54 Å². The lowest BCUT2D eigenvalue weighted by Crippen LogP contribution is -2.15. The van der Waals surface area contributed by atoms with Gasteiger partial charge in [-0.1, -0.05) is 31.5 Å². The van der Waals surface area contributed by atoms with E-state index < -0.39 is 0 Å². The Labute approximate surface area is 154 Å². The zero-order valence-electron chi connectivity index (χ0n) is 16.2. The van der Waals surface area contributed by atoms with Crippen molar-refractivity contribution in [2.24, 2.45) is 0 Å². The van der Waals surface area contributed by atoms with Gasteiger partial charge in [-0.25, -0.2) is 9.67 Å². The lowest BCUT2D eigenvalue weighted by molar-refractivity contribution is 0.102. The van der Waals surface area contributed by atoms with Gasteiger partial charge in [0.2, 0.25) is 0 Å². The van der Waals surface area contributed by atoms with Gasteiger partial charge in [0.25, 0.3) is 5.91 Å². The topological polar surface area (TPSA) is 59.8 Å². The molecule has 0 radical (unpaired) electrons. The predicted molar refractivity (Wildman–Crippen MR) is 106 cm³/mol. The minimum absolute atomic E-state index is 0.115. The number of amides is 1. The van der Waals surface area contributed by atoms with Crippen LogP contribution in [0.15, 0.2) is 24.3 Å². The second-order valence-corrected chi connectivity index (χ2v) is 6.89. The predicted octanol–water partition coefficient (Wildman–Crippen LogP) is 4.72. The van der Waals surface area contributed by atoms with Crippen LogP contribution < -0.4 is 5.32 Å². The van der Waals surface area contributed by atoms with Crippen LogP contribution >= 0.6 is 0 Å². The highest BCUT2D eigenvalue weighted by Gasteiger charge is 2.19. The molecule has 0 saturated heterocycles. The summed E-state index contributed by atoms with van der Waals surface area (Å²) in [6.45, 7) is 10.8. The molecule has 3 rings (SSSR count). The summed E-state index contributed by atoms with van der Waals surface area (Å²) in [4.78, 5) is 17.7. The highest BCUT2D eigenvalue weighted by atomic mass is 16.1. The van der Waals surface area contributed by atoms with Crippen LogP contribution in [0.1, 0.15) is 52.6 Å². The molecule has 136 valence electrons. The zero-order valence-corrected chi connectivity index (χ0v) is 16.2. The molecule has 2 heterocycles. The van der Waals surface area contributed by atoms with E-state index in [-0.39, 0.29) is 5.91 Å². The number of unbranched alkanes of at least 4 members (excludes halogenated alkanes) is 1. The number of carbonyl (C=O) groups excluding carboxylic acids is 1. The van der Waals surface area contributed by atoms with Crippen molar-refractivity contribution >= 4 is 22.6 Å². The molecule has 0 bridgehead atoms. The first kappa shape index (κ1) is 18.1. The van der Waals surface area contributed by atoms with Crippen molar-refractivity contribution in [2.45, 2.75) is 54.0 Å². The third kappa shape index (κ3) is 3.34. The second-order valence-electron chi connectivity index (χ2n) is 6.89. The monoisotopic (exact) mass is 350 g/mol. The van der Waals surface area contributed by atoms with Crippen molar-refractivity contribution < 1.29 is 4.79 Å². The molecule has 0 saturated carbocycles. The maximum absolute atomic E-state index is 13.1.